The molecule has 4 aromatic carbocycles. The zero-order valence-corrected chi connectivity index (χ0v) is 24.4. The van der Waals surface area contributed by atoms with E-state index in [9.17, 15) is 9.59 Å². The van der Waals surface area contributed by atoms with Crippen LogP contribution in [0.2, 0.25) is 0 Å². The average Bonchev–Trinajstić information content (AvgIpc) is 3.10. The lowest BCUT2D eigenvalue weighted by Gasteiger charge is -2.07. The number of carbonyl (C=O) groups excluding carboxylic acids is 2. The van der Waals surface area contributed by atoms with Gasteiger partial charge in [0.1, 0.15) is 37.9 Å². The maximum atomic E-state index is 11.9. The van der Waals surface area contributed by atoms with Gasteiger partial charge in [-0.05, 0) is 97.1 Å². The van der Waals surface area contributed by atoms with E-state index in [2.05, 4.69) is 20.5 Å². The fourth-order valence-corrected chi connectivity index (χ4v) is 3.49. The summed E-state index contributed by atoms with van der Waals surface area (Å²) in [6.07, 6.45) is 1.95. The van der Waals surface area contributed by atoms with Crippen LogP contribution in [0.5, 0.6) is 11.5 Å². The van der Waals surface area contributed by atoms with Gasteiger partial charge in [0.2, 0.25) is 0 Å². The van der Waals surface area contributed by atoms with Gasteiger partial charge in [0, 0.05) is 12.2 Å². The molecule has 0 spiro atoms. The van der Waals surface area contributed by atoms with Crippen molar-refractivity contribution in [3.05, 3.63) is 120 Å². The molecule has 0 fully saturated rings. The zero-order chi connectivity index (χ0) is 32.4. The molecule has 0 aliphatic heterocycles. The van der Waals surface area contributed by atoms with E-state index in [0.717, 1.165) is 12.2 Å². The standard InChI is InChI=1S/C34H26N6O6/c35-23-25-1-5-27(6-2-25)37-39-29-9-13-31(14-10-29)43-19-21-45-33(41)17-18-34(42)46-22-20-44-32-15-11-30(12-16-32)40-38-28-7-3-26(24-36)4-8-28/h1-18H,19-22H2/b18-17+,39-37?,40-38?. The van der Waals surface area contributed by atoms with Crippen LogP contribution in [0, 0.1) is 22.7 Å². The predicted octanol–water partition coefficient (Wildman–Crippen LogP) is 7.36. The van der Waals surface area contributed by atoms with Crippen molar-refractivity contribution < 1.29 is 28.5 Å². The minimum absolute atomic E-state index is 0.0260. The summed E-state index contributed by atoms with van der Waals surface area (Å²) >= 11 is 0. The molecule has 4 aromatic rings. The Morgan fingerprint density at radius 2 is 0.804 bits per heavy atom. The third-order valence-corrected chi connectivity index (χ3v) is 5.78. The smallest absolute Gasteiger partial charge is 0.331 e. The topological polar surface area (TPSA) is 168 Å². The number of azo groups is 2. The number of hydrogen-bond donors (Lipinski definition) is 0. The van der Waals surface area contributed by atoms with Crippen molar-refractivity contribution in [1.82, 2.24) is 0 Å². The molecular weight excluding hydrogens is 588 g/mol. The molecule has 0 aliphatic carbocycles. The Labute approximate surface area is 264 Å². The summed E-state index contributed by atoms with van der Waals surface area (Å²) in [6, 6.07) is 31.3. The van der Waals surface area contributed by atoms with Gasteiger partial charge in [0.15, 0.2) is 0 Å². The Morgan fingerprint density at radius 1 is 0.500 bits per heavy atom. The van der Waals surface area contributed by atoms with Crippen molar-refractivity contribution in [3.8, 4) is 23.6 Å². The molecule has 4 rings (SSSR count). The van der Waals surface area contributed by atoms with Crippen LogP contribution in [0.3, 0.4) is 0 Å². The first-order valence-corrected chi connectivity index (χ1v) is 13.8. The zero-order valence-electron chi connectivity index (χ0n) is 24.4. The molecule has 228 valence electrons. The summed E-state index contributed by atoms with van der Waals surface area (Å²) in [6.45, 7) is 0.159. The van der Waals surface area contributed by atoms with E-state index in [1.807, 2.05) is 12.1 Å². The number of rotatable bonds is 14. The molecular formula is C34H26N6O6. The minimum atomic E-state index is -0.716. The van der Waals surface area contributed by atoms with Crippen LogP contribution < -0.4 is 9.47 Å². The van der Waals surface area contributed by atoms with Crippen molar-refractivity contribution in [3.63, 3.8) is 0 Å². The van der Waals surface area contributed by atoms with Crippen LogP contribution in [-0.4, -0.2) is 38.4 Å². The van der Waals surface area contributed by atoms with Gasteiger partial charge < -0.3 is 18.9 Å². The Bertz CT molecular complexity index is 1640. The lowest BCUT2D eigenvalue weighted by atomic mass is 10.2. The first-order valence-electron chi connectivity index (χ1n) is 13.8. The second kappa shape index (κ2) is 17.5. The van der Waals surface area contributed by atoms with Crippen LogP contribution in [0.1, 0.15) is 11.1 Å². The lowest BCUT2D eigenvalue weighted by molar-refractivity contribution is -0.141. The first kappa shape index (κ1) is 32.3. The highest BCUT2D eigenvalue weighted by Crippen LogP contribution is 2.23. The maximum absolute atomic E-state index is 11.9. The number of benzene rings is 4. The maximum Gasteiger partial charge on any atom is 0.331 e. The highest BCUT2D eigenvalue weighted by Gasteiger charge is 2.03. The van der Waals surface area contributed by atoms with Gasteiger partial charge in [-0.25, -0.2) is 9.59 Å². The third kappa shape index (κ3) is 11.2. The summed E-state index contributed by atoms with van der Waals surface area (Å²) in [5.74, 6) is -0.328. The molecule has 0 aromatic heterocycles. The molecule has 46 heavy (non-hydrogen) atoms. The Balaban J connectivity index is 1.06. The van der Waals surface area contributed by atoms with Crippen molar-refractivity contribution in [2.75, 3.05) is 26.4 Å². The minimum Gasteiger partial charge on any atom is -0.490 e. The van der Waals surface area contributed by atoms with Crippen molar-refractivity contribution in [2.45, 2.75) is 0 Å². The SMILES string of the molecule is N#Cc1ccc(N=Nc2ccc(OCCOC(=O)/C=C/C(=O)OCCOc3ccc(N=Nc4ccc(C#N)cc4)cc3)cc2)cc1. The van der Waals surface area contributed by atoms with Crippen LogP contribution in [0.25, 0.3) is 0 Å². The molecule has 0 aliphatic rings. The highest BCUT2D eigenvalue weighted by atomic mass is 16.6. The van der Waals surface area contributed by atoms with Gasteiger partial charge in [-0.2, -0.15) is 31.0 Å². The fourth-order valence-electron chi connectivity index (χ4n) is 3.49. The summed E-state index contributed by atoms with van der Waals surface area (Å²) in [5.41, 5.74) is 3.57. The van der Waals surface area contributed by atoms with Gasteiger partial charge in [0.25, 0.3) is 0 Å². The van der Waals surface area contributed by atoms with Crippen molar-refractivity contribution in [2.24, 2.45) is 20.5 Å². The second-order valence-corrected chi connectivity index (χ2v) is 9.07. The number of carbonyl (C=O) groups is 2. The summed E-state index contributed by atoms with van der Waals surface area (Å²) in [7, 11) is 0. The molecule has 0 unspecified atom stereocenters. The van der Waals surface area contributed by atoms with E-state index in [1.165, 1.54) is 0 Å². The van der Waals surface area contributed by atoms with E-state index in [-0.39, 0.29) is 26.4 Å². The summed E-state index contributed by atoms with van der Waals surface area (Å²) in [4.78, 5) is 23.7. The largest absolute Gasteiger partial charge is 0.490 e. The highest BCUT2D eigenvalue weighted by molar-refractivity contribution is 5.91. The first-order chi connectivity index (χ1) is 22.5. The Morgan fingerprint density at radius 3 is 1.11 bits per heavy atom. The summed E-state index contributed by atoms with van der Waals surface area (Å²) in [5, 5.41) is 34.2. The van der Waals surface area contributed by atoms with E-state index < -0.39 is 11.9 Å². The molecule has 0 saturated carbocycles. The average molecular weight is 615 g/mol. The third-order valence-electron chi connectivity index (χ3n) is 5.78. The normalized spacial score (nSPS) is 10.8. The molecule has 0 heterocycles. The van der Waals surface area contributed by atoms with Crippen LogP contribution in [0.4, 0.5) is 22.7 Å². The van der Waals surface area contributed by atoms with Crippen LogP contribution in [0.15, 0.2) is 130 Å². The molecule has 0 radical (unpaired) electrons. The number of esters is 2. The quantitative estimate of drug-likeness (QED) is 0.0614. The predicted molar refractivity (Wildman–Crippen MR) is 166 cm³/mol. The van der Waals surface area contributed by atoms with Crippen LogP contribution in [-0.2, 0) is 19.1 Å². The molecule has 12 heteroatoms. The van der Waals surface area contributed by atoms with Gasteiger partial charge in [-0.3, -0.25) is 0 Å². The van der Waals surface area contributed by atoms with Crippen molar-refractivity contribution >= 4 is 34.7 Å². The van der Waals surface area contributed by atoms with E-state index >= 15 is 0 Å². The molecule has 12 nitrogen and oxygen atoms in total. The van der Waals surface area contributed by atoms with Gasteiger partial charge in [0.05, 0.1) is 46.0 Å². The number of ether oxygens (including phenoxy) is 4. The summed E-state index contributed by atoms with van der Waals surface area (Å²) < 4.78 is 21.1. The van der Waals surface area contributed by atoms with Gasteiger partial charge >= 0.3 is 11.9 Å². The fraction of sp³-hybridized carbons (Fsp3) is 0.118. The number of nitriles is 2. The molecule has 0 saturated heterocycles. The monoisotopic (exact) mass is 614 g/mol. The van der Waals surface area contributed by atoms with Crippen LogP contribution >= 0.6 is 0 Å². The van der Waals surface area contributed by atoms with E-state index in [1.54, 1.807) is 97.1 Å². The van der Waals surface area contributed by atoms with Gasteiger partial charge in [-0.1, -0.05) is 0 Å². The Hall–Kier alpha value is -6.66. The second-order valence-electron chi connectivity index (χ2n) is 9.07. The number of hydrogen-bond acceptors (Lipinski definition) is 12. The molecule has 0 N–H and O–H groups in total. The van der Waals surface area contributed by atoms with Crippen molar-refractivity contribution in [1.29, 1.82) is 10.5 Å². The number of nitrogens with zero attached hydrogens (tertiary/aromatic N) is 6. The van der Waals surface area contributed by atoms with E-state index in [4.69, 9.17) is 29.5 Å². The Kier molecular flexibility index (Phi) is 12.2. The van der Waals surface area contributed by atoms with E-state index in [0.29, 0.717) is 45.4 Å². The molecule has 0 amide bonds. The molecule has 0 atom stereocenters. The lowest BCUT2D eigenvalue weighted by Crippen LogP contribution is -2.12. The van der Waals surface area contributed by atoms with Gasteiger partial charge in [-0.15, -0.1) is 0 Å². The molecule has 0 bridgehead atoms.